The Balaban J connectivity index is 2.43. The lowest BCUT2D eigenvalue weighted by Gasteiger charge is -2.10. The Hall–Kier alpha value is -1.74. The third-order valence-electron chi connectivity index (χ3n) is 2.16. The van der Waals surface area contributed by atoms with Crippen molar-refractivity contribution in [3.63, 3.8) is 0 Å². The molecule has 0 saturated carbocycles. The molecule has 3 N–H and O–H groups in total. The number of nitrogens with zero attached hydrogens (tertiary/aromatic N) is 2. The van der Waals surface area contributed by atoms with Gasteiger partial charge in [-0.2, -0.15) is 0 Å². The van der Waals surface area contributed by atoms with E-state index in [1.165, 1.54) is 18.7 Å². The van der Waals surface area contributed by atoms with E-state index < -0.39 is 15.8 Å². The molecule has 1 aromatic carbocycles. The van der Waals surface area contributed by atoms with E-state index in [9.17, 15) is 12.8 Å². The zero-order valence-electron chi connectivity index (χ0n) is 9.34. The summed E-state index contributed by atoms with van der Waals surface area (Å²) < 4.78 is 39.7. The topological polar surface area (TPSA) is 98.0 Å². The van der Waals surface area contributed by atoms with Crippen molar-refractivity contribution >= 4 is 37.3 Å². The van der Waals surface area contributed by atoms with Gasteiger partial charge in [0.2, 0.25) is 0 Å². The molecule has 0 aliphatic carbocycles. The van der Waals surface area contributed by atoms with Crippen LogP contribution in [0.3, 0.4) is 0 Å². The molecule has 100 valence electrons. The van der Waals surface area contributed by atoms with Gasteiger partial charge < -0.3 is 5.73 Å². The van der Waals surface area contributed by atoms with Gasteiger partial charge in [-0.3, -0.25) is 4.72 Å². The number of sulfonamides is 1. The van der Waals surface area contributed by atoms with Gasteiger partial charge in [0.15, 0.2) is 0 Å². The molecule has 0 bridgehead atoms. The van der Waals surface area contributed by atoms with Crippen LogP contribution in [0.5, 0.6) is 0 Å². The van der Waals surface area contributed by atoms with Gasteiger partial charge in [0.25, 0.3) is 10.0 Å². The van der Waals surface area contributed by atoms with Crippen molar-refractivity contribution in [1.29, 1.82) is 0 Å². The lowest BCUT2D eigenvalue weighted by Crippen LogP contribution is -2.15. The summed E-state index contributed by atoms with van der Waals surface area (Å²) in [6.45, 7) is 0. The third-order valence-corrected chi connectivity index (χ3v) is 4.20. The van der Waals surface area contributed by atoms with E-state index in [1.54, 1.807) is 0 Å². The molecule has 0 radical (unpaired) electrons. The summed E-state index contributed by atoms with van der Waals surface area (Å²) >= 11 is 2.91. The predicted molar refractivity (Wildman–Crippen MR) is 71.4 cm³/mol. The summed E-state index contributed by atoms with van der Waals surface area (Å²) in [6.07, 6.45) is 3.85. The largest absolute Gasteiger partial charge is 0.398 e. The molecule has 0 amide bonds. The van der Waals surface area contributed by atoms with Crippen LogP contribution >= 0.6 is 15.9 Å². The van der Waals surface area contributed by atoms with Crippen molar-refractivity contribution in [3.05, 3.63) is 41.1 Å². The van der Waals surface area contributed by atoms with Crippen LogP contribution in [0.1, 0.15) is 0 Å². The number of aromatic nitrogens is 2. The maximum absolute atomic E-state index is 13.2. The number of rotatable bonds is 3. The summed E-state index contributed by atoms with van der Waals surface area (Å²) in [7, 11) is -3.93. The molecular weight excluding hydrogens is 339 g/mol. The molecule has 6 nitrogen and oxygen atoms in total. The van der Waals surface area contributed by atoms with E-state index in [-0.39, 0.29) is 20.7 Å². The minimum Gasteiger partial charge on any atom is -0.398 e. The van der Waals surface area contributed by atoms with Crippen LogP contribution in [0, 0.1) is 5.82 Å². The van der Waals surface area contributed by atoms with Gasteiger partial charge in [0.05, 0.1) is 28.2 Å². The first-order valence-electron chi connectivity index (χ1n) is 4.92. The highest BCUT2D eigenvalue weighted by Gasteiger charge is 2.20. The monoisotopic (exact) mass is 346 g/mol. The third kappa shape index (κ3) is 2.99. The van der Waals surface area contributed by atoms with Crippen molar-refractivity contribution in [2.75, 3.05) is 10.5 Å². The molecule has 0 saturated heterocycles. The molecule has 1 heterocycles. The second kappa shape index (κ2) is 5.10. The average Bonchev–Trinajstić information content (AvgIpc) is 2.34. The highest BCUT2D eigenvalue weighted by atomic mass is 79.9. The highest BCUT2D eigenvalue weighted by Crippen LogP contribution is 2.27. The fourth-order valence-corrected chi connectivity index (χ4v) is 3.00. The van der Waals surface area contributed by atoms with Crippen LogP contribution in [0.15, 0.2) is 40.2 Å². The average molecular weight is 347 g/mol. The summed E-state index contributed by atoms with van der Waals surface area (Å²) in [5, 5.41) is 0. The smallest absolute Gasteiger partial charge is 0.264 e. The second-order valence-corrected chi connectivity index (χ2v) is 6.04. The van der Waals surface area contributed by atoms with E-state index in [0.717, 1.165) is 12.1 Å². The predicted octanol–water partition coefficient (Wildman–Crippen LogP) is 1.76. The van der Waals surface area contributed by atoms with Gasteiger partial charge >= 0.3 is 0 Å². The van der Waals surface area contributed by atoms with Crippen molar-refractivity contribution in [2.45, 2.75) is 4.90 Å². The van der Waals surface area contributed by atoms with E-state index in [4.69, 9.17) is 5.73 Å². The molecule has 2 aromatic rings. The number of halogens is 2. The van der Waals surface area contributed by atoms with Gasteiger partial charge in [-0.1, -0.05) is 0 Å². The van der Waals surface area contributed by atoms with E-state index in [2.05, 4.69) is 30.6 Å². The fourth-order valence-electron chi connectivity index (χ4n) is 1.34. The standard InChI is InChI=1S/C10H8BrFN4O2S/c11-7-1-10(9(13)2-8(7)12)19(17,18)16-6-3-14-5-15-4-6/h1-5,16H,13H2. The van der Waals surface area contributed by atoms with Crippen LogP contribution in [-0.4, -0.2) is 18.4 Å². The molecule has 0 aliphatic heterocycles. The Kier molecular flexibility index (Phi) is 3.67. The molecule has 0 aliphatic rings. The number of anilines is 2. The number of hydrogen-bond donors (Lipinski definition) is 2. The number of benzene rings is 1. The van der Waals surface area contributed by atoms with Gasteiger partial charge in [-0.25, -0.2) is 22.8 Å². The summed E-state index contributed by atoms with van der Waals surface area (Å²) in [5.41, 5.74) is 5.51. The highest BCUT2D eigenvalue weighted by molar-refractivity contribution is 9.10. The zero-order valence-corrected chi connectivity index (χ0v) is 11.7. The van der Waals surface area contributed by atoms with Crippen molar-refractivity contribution in [1.82, 2.24) is 9.97 Å². The van der Waals surface area contributed by atoms with Crippen LogP contribution in [0.25, 0.3) is 0 Å². The van der Waals surface area contributed by atoms with Gasteiger partial charge in [0.1, 0.15) is 17.0 Å². The Morgan fingerprint density at radius 3 is 2.53 bits per heavy atom. The van der Waals surface area contributed by atoms with Crippen LogP contribution in [-0.2, 0) is 10.0 Å². The lowest BCUT2D eigenvalue weighted by atomic mass is 10.3. The number of nitrogens with two attached hydrogens (primary N) is 1. The normalized spacial score (nSPS) is 11.3. The molecule has 0 fully saturated rings. The molecule has 0 spiro atoms. The fraction of sp³-hybridized carbons (Fsp3) is 0. The first-order valence-corrected chi connectivity index (χ1v) is 7.20. The molecule has 1 aromatic heterocycles. The Labute approximate surface area is 117 Å². The van der Waals surface area contributed by atoms with Gasteiger partial charge in [-0.05, 0) is 28.1 Å². The van der Waals surface area contributed by atoms with Gasteiger partial charge in [-0.15, -0.1) is 0 Å². The first kappa shape index (κ1) is 13.7. The Bertz CT molecular complexity index is 709. The quantitative estimate of drug-likeness (QED) is 0.825. The molecule has 19 heavy (non-hydrogen) atoms. The summed E-state index contributed by atoms with van der Waals surface area (Å²) in [6, 6.07) is 2.02. The Morgan fingerprint density at radius 1 is 1.26 bits per heavy atom. The Morgan fingerprint density at radius 2 is 1.89 bits per heavy atom. The van der Waals surface area contributed by atoms with E-state index >= 15 is 0 Å². The van der Waals surface area contributed by atoms with Gasteiger partial charge in [0, 0.05) is 0 Å². The number of hydrogen-bond acceptors (Lipinski definition) is 5. The number of nitrogen functional groups attached to an aromatic ring is 1. The molecule has 2 rings (SSSR count). The van der Waals surface area contributed by atoms with Crippen molar-refractivity contribution < 1.29 is 12.8 Å². The second-order valence-electron chi connectivity index (χ2n) is 3.54. The summed E-state index contributed by atoms with van der Waals surface area (Å²) in [5.74, 6) is -0.639. The maximum atomic E-state index is 13.2. The van der Waals surface area contributed by atoms with Crippen molar-refractivity contribution in [2.24, 2.45) is 0 Å². The molecule has 9 heteroatoms. The minimum absolute atomic E-state index is 0.00591. The van der Waals surface area contributed by atoms with E-state index in [1.807, 2.05) is 0 Å². The van der Waals surface area contributed by atoms with E-state index in [0.29, 0.717) is 0 Å². The molecule has 0 atom stereocenters. The van der Waals surface area contributed by atoms with Crippen LogP contribution in [0.2, 0.25) is 0 Å². The maximum Gasteiger partial charge on any atom is 0.264 e. The van der Waals surface area contributed by atoms with Crippen LogP contribution in [0.4, 0.5) is 15.8 Å². The SMILES string of the molecule is Nc1cc(F)c(Br)cc1S(=O)(=O)Nc1cncnc1. The summed E-state index contributed by atoms with van der Waals surface area (Å²) in [4.78, 5) is 7.12. The lowest BCUT2D eigenvalue weighted by molar-refractivity contribution is 0.599. The minimum atomic E-state index is -3.93. The van der Waals surface area contributed by atoms with Crippen LogP contribution < -0.4 is 10.5 Å². The molecule has 0 unspecified atom stereocenters. The zero-order chi connectivity index (χ0) is 14.0. The number of nitrogens with one attached hydrogen (secondary N) is 1. The first-order chi connectivity index (χ1) is 8.90. The van der Waals surface area contributed by atoms with Crippen molar-refractivity contribution in [3.8, 4) is 0 Å². The molecular formula is C10H8BrFN4O2S.